The van der Waals surface area contributed by atoms with Crippen molar-refractivity contribution < 1.29 is 0 Å². The summed E-state index contributed by atoms with van der Waals surface area (Å²) in [7, 11) is 0. The van der Waals surface area contributed by atoms with Gasteiger partial charge in [-0.2, -0.15) is 0 Å². The van der Waals surface area contributed by atoms with Crippen molar-refractivity contribution in [3.05, 3.63) is 163 Å². The Bertz CT molecular complexity index is 2180. The summed E-state index contributed by atoms with van der Waals surface area (Å²) in [5, 5.41) is 5.26. The molecule has 43 heavy (non-hydrogen) atoms. The molecule has 2 aliphatic carbocycles. The van der Waals surface area contributed by atoms with E-state index in [2.05, 4.69) is 158 Å². The van der Waals surface area contributed by atoms with Crippen molar-refractivity contribution in [1.29, 1.82) is 0 Å². The molecule has 2 aliphatic rings. The number of hydrogen-bond donors (Lipinski definition) is 0. The molecule has 0 radical (unpaired) electrons. The summed E-state index contributed by atoms with van der Waals surface area (Å²) in [4.78, 5) is 0. The predicted octanol–water partition coefficient (Wildman–Crippen LogP) is 11.8. The molecule has 0 N–H and O–H groups in total. The van der Waals surface area contributed by atoms with Crippen LogP contribution in [-0.4, -0.2) is 0 Å². The number of hydrogen-bond acceptors (Lipinski definition) is 0. The van der Waals surface area contributed by atoms with E-state index >= 15 is 0 Å². The lowest BCUT2D eigenvalue weighted by atomic mass is 9.79. The zero-order chi connectivity index (χ0) is 28.3. The Hall–Kier alpha value is -5.20. The quantitative estimate of drug-likeness (QED) is 0.206. The zero-order valence-electron chi connectivity index (χ0n) is 23.9. The van der Waals surface area contributed by atoms with Crippen LogP contribution in [0.1, 0.15) is 23.5 Å². The van der Waals surface area contributed by atoms with Crippen LogP contribution in [-0.2, 0) is 0 Å². The maximum atomic E-state index is 2.45. The van der Waals surface area contributed by atoms with Gasteiger partial charge in [-0.3, -0.25) is 0 Å². The summed E-state index contributed by atoms with van der Waals surface area (Å²) in [6, 6.07) is 53.5. The first-order valence-corrected chi connectivity index (χ1v) is 15.3. The van der Waals surface area contributed by atoms with Gasteiger partial charge >= 0.3 is 0 Å². The Kier molecular flexibility index (Phi) is 5.49. The van der Waals surface area contributed by atoms with Crippen LogP contribution in [0, 0.1) is 5.92 Å². The van der Waals surface area contributed by atoms with Crippen molar-refractivity contribution in [2.75, 3.05) is 0 Å². The molecule has 0 heteroatoms. The van der Waals surface area contributed by atoms with Crippen LogP contribution in [0.15, 0.2) is 152 Å². The molecular weight excluding hydrogens is 516 g/mol. The van der Waals surface area contributed by atoms with E-state index in [0.717, 1.165) is 0 Å². The van der Waals surface area contributed by atoms with E-state index in [1.165, 1.54) is 83.6 Å². The van der Waals surface area contributed by atoms with Crippen LogP contribution in [0.2, 0.25) is 0 Å². The summed E-state index contributed by atoms with van der Waals surface area (Å²) in [6.45, 7) is 0. The average molecular weight is 547 g/mol. The highest BCUT2D eigenvalue weighted by molar-refractivity contribution is 6.11. The average Bonchev–Trinajstić information content (AvgIpc) is 3.88. The standard InChI is InChI=1S/C43H30/c1-3-10-28(11-4-1)29-18-20-31(21-19-29)35-17-9-14-30-22-23-34(27-39(30)35)42-37-16-8-7-15-36(37)41(32-12-5-2-6-13-32)38-25-24-33-26-40(33)43(38)42/h1-25,27,33,40H,26H2. The molecule has 9 rings (SSSR count). The summed E-state index contributed by atoms with van der Waals surface area (Å²) in [5.41, 5.74) is 13.4. The summed E-state index contributed by atoms with van der Waals surface area (Å²) < 4.78 is 0. The monoisotopic (exact) mass is 546 g/mol. The van der Waals surface area contributed by atoms with Gasteiger partial charge in [0.05, 0.1) is 0 Å². The van der Waals surface area contributed by atoms with Crippen LogP contribution in [0.25, 0.3) is 72.1 Å². The smallest absolute Gasteiger partial charge is 0.00296 e. The minimum absolute atomic E-state index is 0.596. The first kappa shape index (κ1) is 24.4. The van der Waals surface area contributed by atoms with Gasteiger partial charge in [-0.05, 0) is 102 Å². The molecule has 0 bridgehead atoms. The van der Waals surface area contributed by atoms with Gasteiger partial charge in [0.25, 0.3) is 0 Å². The Morgan fingerprint density at radius 2 is 1.07 bits per heavy atom. The molecule has 202 valence electrons. The van der Waals surface area contributed by atoms with Crippen molar-refractivity contribution in [2.45, 2.75) is 12.3 Å². The third-order valence-electron chi connectivity index (χ3n) is 9.55. The van der Waals surface area contributed by atoms with Gasteiger partial charge in [0.1, 0.15) is 0 Å². The maximum absolute atomic E-state index is 2.45. The Morgan fingerprint density at radius 1 is 0.442 bits per heavy atom. The fourth-order valence-corrected chi connectivity index (χ4v) is 7.40. The maximum Gasteiger partial charge on any atom is -0.00296 e. The van der Waals surface area contributed by atoms with Crippen molar-refractivity contribution in [2.24, 2.45) is 5.92 Å². The van der Waals surface area contributed by atoms with E-state index in [4.69, 9.17) is 0 Å². The molecule has 0 heterocycles. The minimum atomic E-state index is 0.596. The molecule has 2 unspecified atom stereocenters. The van der Waals surface area contributed by atoms with Gasteiger partial charge in [0, 0.05) is 0 Å². The molecule has 0 spiro atoms. The van der Waals surface area contributed by atoms with Crippen LogP contribution >= 0.6 is 0 Å². The van der Waals surface area contributed by atoms with Gasteiger partial charge < -0.3 is 0 Å². The van der Waals surface area contributed by atoms with Crippen molar-refractivity contribution >= 4 is 27.6 Å². The molecule has 0 aromatic heterocycles. The van der Waals surface area contributed by atoms with Crippen molar-refractivity contribution in [1.82, 2.24) is 0 Å². The normalized spacial score (nSPS) is 16.7. The molecule has 0 aliphatic heterocycles. The molecule has 7 aromatic carbocycles. The lowest BCUT2D eigenvalue weighted by molar-refractivity contribution is 1.00. The van der Waals surface area contributed by atoms with E-state index in [-0.39, 0.29) is 0 Å². The summed E-state index contributed by atoms with van der Waals surface area (Å²) in [6.07, 6.45) is 6.12. The number of allylic oxidation sites excluding steroid dienone is 1. The Balaban J connectivity index is 1.26. The summed E-state index contributed by atoms with van der Waals surface area (Å²) >= 11 is 0. The fraction of sp³-hybridized carbons (Fsp3) is 0.0698. The molecule has 2 atom stereocenters. The highest BCUT2D eigenvalue weighted by Gasteiger charge is 2.42. The molecule has 1 saturated carbocycles. The first-order chi connectivity index (χ1) is 21.3. The topological polar surface area (TPSA) is 0 Å². The van der Waals surface area contributed by atoms with Gasteiger partial charge in [-0.1, -0.05) is 152 Å². The van der Waals surface area contributed by atoms with Gasteiger partial charge in [0.2, 0.25) is 0 Å². The molecule has 1 fully saturated rings. The Labute approximate surface area is 252 Å². The Morgan fingerprint density at radius 3 is 1.84 bits per heavy atom. The second-order valence-electron chi connectivity index (χ2n) is 12.0. The highest BCUT2D eigenvalue weighted by Crippen LogP contribution is 2.59. The number of fused-ring (bicyclic) bond motifs is 5. The fourth-order valence-electron chi connectivity index (χ4n) is 7.40. The number of benzene rings is 7. The van der Waals surface area contributed by atoms with Crippen LogP contribution in [0.3, 0.4) is 0 Å². The lowest BCUT2D eigenvalue weighted by Crippen LogP contribution is -2.02. The van der Waals surface area contributed by atoms with Gasteiger partial charge in [-0.25, -0.2) is 0 Å². The van der Waals surface area contributed by atoms with Crippen LogP contribution in [0.5, 0.6) is 0 Å². The van der Waals surface area contributed by atoms with Crippen molar-refractivity contribution in [3.8, 4) is 44.5 Å². The molecule has 0 nitrogen and oxygen atoms in total. The van der Waals surface area contributed by atoms with E-state index in [1.54, 1.807) is 0 Å². The molecular formula is C43H30. The van der Waals surface area contributed by atoms with Crippen LogP contribution in [0.4, 0.5) is 0 Å². The third kappa shape index (κ3) is 3.98. The van der Waals surface area contributed by atoms with Crippen molar-refractivity contribution in [3.63, 3.8) is 0 Å². The van der Waals surface area contributed by atoms with Gasteiger partial charge in [0.15, 0.2) is 0 Å². The second-order valence-corrected chi connectivity index (χ2v) is 12.0. The molecule has 7 aromatic rings. The first-order valence-electron chi connectivity index (χ1n) is 15.3. The van der Waals surface area contributed by atoms with E-state index in [1.807, 2.05) is 0 Å². The van der Waals surface area contributed by atoms with Gasteiger partial charge in [-0.15, -0.1) is 0 Å². The minimum Gasteiger partial charge on any atom is -0.0802 e. The lowest BCUT2D eigenvalue weighted by Gasteiger charge is -2.24. The van der Waals surface area contributed by atoms with Crippen LogP contribution < -0.4 is 0 Å². The van der Waals surface area contributed by atoms with E-state index in [0.29, 0.717) is 11.8 Å². The molecule has 0 saturated heterocycles. The highest BCUT2D eigenvalue weighted by atomic mass is 14.5. The zero-order valence-corrected chi connectivity index (χ0v) is 23.9. The predicted molar refractivity (Wildman–Crippen MR) is 183 cm³/mol. The van der Waals surface area contributed by atoms with E-state index in [9.17, 15) is 0 Å². The molecule has 0 amide bonds. The van der Waals surface area contributed by atoms with E-state index < -0.39 is 0 Å². The number of rotatable bonds is 4. The SMILES string of the molecule is C1=CC2CC2c2c1c(-c1ccccc1)c1ccccc1c2-c1ccc2cccc(-c3ccc(-c4ccccc4)cc3)c2c1. The third-order valence-corrected chi connectivity index (χ3v) is 9.55. The summed E-state index contributed by atoms with van der Waals surface area (Å²) in [5.74, 6) is 1.26. The largest absolute Gasteiger partial charge is 0.0802 e. The second kappa shape index (κ2) is 9.68.